The number of nitrogens with two attached hydrogens (primary N) is 2. The van der Waals surface area contributed by atoms with Crippen LogP contribution in [0.1, 0.15) is 22.4 Å². The first-order valence-corrected chi connectivity index (χ1v) is 7.07. The van der Waals surface area contributed by atoms with Crippen LogP contribution < -0.4 is 11.5 Å². The van der Waals surface area contributed by atoms with Crippen molar-refractivity contribution in [2.75, 3.05) is 0 Å². The van der Waals surface area contributed by atoms with E-state index in [2.05, 4.69) is 16.8 Å². The molecule has 0 atom stereocenters. The molecule has 0 aliphatic rings. The summed E-state index contributed by atoms with van der Waals surface area (Å²) in [5, 5.41) is 15.7. The van der Waals surface area contributed by atoms with Gasteiger partial charge < -0.3 is 16.5 Å². The Morgan fingerprint density at radius 2 is 1.65 bits per heavy atom. The van der Waals surface area contributed by atoms with Crippen molar-refractivity contribution in [3.05, 3.63) is 70.7 Å². The van der Waals surface area contributed by atoms with Crippen LogP contribution in [0.4, 0.5) is 4.39 Å². The largest absolute Gasteiger partial charge is 0.384 e. The molecule has 7 N–H and O–H groups in total. The minimum Gasteiger partial charge on any atom is -0.384 e. The Labute approximate surface area is 161 Å². The van der Waals surface area contributed by atoms with E-state index in [1.165, 1.54) is 12.1 Å². The Balaban J connectivity index is 0.00000169. The molecule has 0 aliphatic carbocycles. The number of fused-ring (bicyclic) bond motifs is 1. The average Bonchev–Trinajstić information content (AvgIpc) is 2.94. The van der Waals surface area contributed by atoms with Crippen molar-refractivity contribution in [2.24, 2.45) is 11.5 Å². The summed E-state index contributed by atoms with van der Waals surface area (Å²) in [7, 11) is 0. The Kier molecular flexibility index (Phi) is 6.78. The van der Waals surface area contributed by atoms with Gasteiger partial charge in [0, 0.05) is 22.0 Å². The molecule has 3 rings (SSSR count). The van der Waals surface area contributed by atoms with Crippen molar-refractivity contribution < 1.29 is 4.39 Å². The highest BCUT2D eigenvalue weighted by Crippen LogP contribution is 2.17. The first-order chi connectivity index (χ1) is 11.4. The van der Waals surface area contributed by atoms with E-state index >= 15 is 0 Å². The summed E-state index contributed by atoms with van der Waals surface area (Å²) in [5.41, 5.74) is 13.4. The standard InChI is InChI=1S/C18H14FN5.2ClH/c19-15-7-10(2-6-14(15)18(22)23)1-5-13-8-11-3-4-12(17(20)21)9-16(11)24-13;;/h2-4,6-9,24H,(H3,20,21)(H3,22,23);2*1H. The fourth-order valence-electron chi connectivity index (χ4n) is 2.31. The van der Waals surface area contributed by atoms with Gasteiger partial charge >= 0.3 is 0 Å². The van der Waals surface area contributed by atoms with Gasteiger partial charge in [0.25, 0.3) is 0 Å². The molecule has 1 aromatic heterocycles. The number of hydrogen-bond acceptors (Lipinski definition) is 2. The highest BCUT2D eigenvalue weighted by molar-refractivity contribution is 5.98. The molecule has 8 heteroatoms. The average molecular weight is 392 g/mol. The molecule has 3 aromatic rings. The summed E-state index contributed by atoms with van der Waals surface area (Å²) in [5.74, 6) is 4.91. The van der Waals surface area contributed by atoms with Crippen molar-refractivity contribution in [3.63, 3.8) is 0 Å². The number of aromatic nitrogens is 1. The zero-order valence-corrected chi connectivity index (χ0v) is 15.0. The number of benzene rings is 2. The number of nitrogen functional groups attached to an aromatic ring is 2. The molecule has 26 heavy (non-hydrogen) atoms. The first-order valence-electron chi connectivity index (χ1n) is 7.07. The van der Waals surface area contributed by atoms with Gasteiger partial charge in [-0.05, 0) is 36.3 Å². The second kappa shape index (κ2) is 8.39. The molecule has 0 radical (unpaired) electrons. The van der Waals surface area contributed by atoms with Gasteiger partial charge in [0.2, 0.25) is 0 Å². The summed E-state index contributed by atoms with van der Waals surface area (Å²) in [4.78, 5) is 3.13. The molecule has 0 saturated carbocycles. The Morgan fingerprint density at radius 1 is 0.923 bits per heavy atom. The molecule has 134 valence electrons. The molecule has 0 aliphatic heterocycles. The number of nitrogens with one attached hydrogen (secondary N) is 3. The van der Waals surface area contributed by atoms with Crippen LogP contribution in [0.15, 0.2) is 42.5 Å². The van der Waals surface area contributed by atoms with Crippen LogP contribution in [-0.2, 0) is 0 Å². The van der Waals surface area contributed by atoms with Gasteiger partial charge in [-0.1, -0.05) is 18.1 Å². The lowest BCUT2D eigenvalue weighted by atomic mass is 10.1. The van der Waals surface area contributed by atoms with Gasteiger partial charge in [-0.3, -0.25) is 10.8 Å². The molecule has 0 fully saturated rings. The fourth-order valence-corrected chi connectivity index (χ4v) is 2.31. The maximum absolute atomic E-state index is 13.8. The molecule has 2 aromatic carbocycles. The van der Waals surface area contributed by atoms with E-state index in [9.17, 15) is 4.39 Å². The minimum absolute atomic E-state index is 0. The molecule has 5 nitrogen and oxygen atoms in total. The van der Waals surface area contributed by atoms with Gasteiger partial charge in [0.1, 0.15) is 17.5 Å². The maximum Gasteiger partial charge on any atom is 0.135 e. The number of rotatable bonds is 2. The number of amidine groups is 2. The monoisotopic (exact) mass is 391 g/mol. The van der Waals surface area contributed by atoms with Gasteiger partial charge in [0.15, 0.2) is 0 Å². The minimum atomic E-state index is -0.572. The van der Waals surface area contributed by atoms with E-state index in [1.807, 2.05) is 12.1 Å². The predicted octanol–water partition coefficient (Wildman–Crippen LogP) is 3.12. The Bertz CT molecular complexity index is 1050. The van der Waals surface area contributed by atoms with E-state index in [0.717, 1.165) is 10.9 Å². The van der Waals surface area contributed by atoms with Crippen molar-refractivity contribution in [3.8, 4) is 11.8 Å². The highest BCUT2D eigenvalue weighted by atomic mass is 35.5. The van der Waals surface area contributed by atoms with Crippen molar-refractivity contribution in [1.29, 1.82) is 10.8 Å². The van der Waals surface area contributed by atoms with E-state index < -0.39 is 5.82 Å². The third-order valence-electron chi connectivity index (χ3n) is 3.53. The normalized spacial score (nSPS) is 9.42. The smallest absolute Gasteiger partial charge is 0.135 e. The summed E-state index contributed by atoms with van der Waals surface area (Å²) in [6.07, 6.45) is 0. The molecule has 0 amide bonds. The van der Waals surface area contributed by atoms with Crippen LogP contribution >= 0.6 is 24.8 Å². The quantitative estimate of drug-likeness (QED) is 0.262. The van der Waals surface area contributed by atoms with Gasteiger partial charge in [-0.2, -0.15) is 0 Å². The molecule has 0 unspecified atom stereocenters. The summed E-state index contributed by atoms with van der Waals surface area (Å²) in [6, 6.07) is 11.6. The fraction of sp³-hybridized carbons (Fsp3) is 0. The molecular formula is C18H16Cl2FN5. The number of hydrogen-bond donors (Lipinski definition) is 5. The van der Waals surface area contributed by atoms with Crippen LogP contribution in [0.2, 0.25) is 0 Å². The SMILES string of the molecule is Cl.Cl.N=C(N)c1ccc2cc(C#Cc3ccc(C(=N)N)c(F)c3)[nH]c2c1. The summed E-state index contributed by atoms with van der Waals surface area (Å²) < 4.78 is 13.8. The molecule has 0 spiro atoms. The van der Waals surface area contributed by atoms with Gasteiger partial charge in [-0.25, -0.2) is 4.39 Å². The Hall–Kier alpha value is -3.01. The topological polar surface area (TPSA) is 116 Å². The third-order valence-corrected chi connectivity index (χ3v) is 3.53. The van der Waals surface area contributed by atoms with Gasteiger partial charge in [0.05, 0.1) is 11.3 Å². The van der Waals surface area contributed by atoms with Crippen molar-refractivity contribution >= 4 is 47.4 Å². The molecule has 0 bridgehead atoms. The van der Waals surface area contributed by atoms with Crippen molar-refractivity contribution in [2.45, 2.75) is 0 Å². The first kappa shape index (κ1) is 21.0. The molecule has 0 saturated heterocycles. The maximum atomic E-state index is 13.8. The molecule has 1 heterocycles. The van der Waals surface area contributed by atoms with Crippen molar-refractivity contribution in [1.82, 2.24) is 4.98 Å². The van der Waals surface area contributed by atoms with Crippen LogP contribution in [-0.4, -0.2) is 16.7 Å². The number of H-pyrrole nitrogens is 1. The van der Waals surface area contributed by atoms with Crippen LogP contribution in [0.25, 0.3) is 10.9 Å². The predicted molar refractivity (Wildman–Crippen MR) is 107 cm³/mol. The number of aromatic amines is 1. The molecular weight excluding hydrogens is 376 g/mol. The third kappa shape index (κ3) is 4.33. The second-order valence-electron chi connectivity index (χ2n) is 5.26. The van der Waals surface area contributed by atoms with Crippen LogP contribution in [0.3, 0.4) is 0 Å². The lowest BCUT2D eigenvalue weighted by Crippen LogP contribution is -2.13. The lowest BCUT2D eigenvalue weighted by Gasteiger charge is -2.00. The Morgan fingerprint density at radius 3 is 2.27 bits per heavy atom. The van der Waals surface area contributed by atoms with E-state index in [4.69, 9.17) is 22.3 Å². The lowest BCUT2D eigenvalue weighted by molar-refractivity contribution is 0.624. The van der Waals surface area contributed by atoms with E-state index in [-0.39, 0.29) is 42.0 Å². The van der Waals surface area contributed by atoms with Crippen LogP contribution in [0.5, 0.6) is 0 Å². The zero-order valence-electron chi connectivity index (χ0n) is 13.4. The zero-order chi connectivity index (χ0) is 17.3. The van der Waals surface area contributed by atoms with Crippen LogP contribution in [0, 0.1) is 28.5 Å². The van der Waals surface area contributed by atoms with E-state index in [0.29, 0.717) is 16.8 Å². The summed E-state index contributed by atoms with van der Waals surface area (Å²) >= 11 is 0. The summed E-state index contributed by atoms with van der Waals surface area (Å²) in [6.45, 7) is 0. The van der Waals surface area contributed by atoms with Gasteiger partial charge in [-0.15, -0.1) is 24.8 Å². The highest BCUT2D eigenvalue weighted by Gasteiger charge is 2.05. The van der Waals surface area contributed by atoms with E-state index in [1.54, 1.807) is 18.2 Å². The second-order valence-corrected chi connectivity index (χ2v) is 5.26. The number of halogens is 3.